The number of hydrogen-bond acceptors (Lipinski definition) is 3. The molecule has 0 radical (unpaired) electrons. The normalized spacial score (nSPS) is 12.8. The van der Waals surface area contributed by atoms with Crippen molar-refractivity contribution in [3.05, 3.63) is 29.3 Å². The van der Waals surface area contributed by atoms with E-state index in [0.29, 0.717) is 6.04 Å². The van der Waals surface area contributed by atoms with Gasteiger partial charge >= 0.3 is 0 Å². The molecule has 0 aliphatic carbocycles. The smallest absolute Gasteiger partial charge is 0.0794 e. The third kappa shape index (κ3) is 3.17. The van der Waals surface area contributed by atoms with Crippen LogP contribution in [0.2, 0.25) is 0 Å². The van der Waals surface area contributed by atoms with Gasteiger partial charge in [0.05, 0.1) is 16.8 Å². The van der Waals surface area contributed by atoms with E-state index in [4.69, 9.17) is 0 Å². The molecular formula is C13H19N3S. The predicted molar refractivity (Wildman–Crippen MR) is 73.1 cm³/mol. The zero-order valence-corrected chi connectivity index (χ0v) is 11.2. The molecule has 0 aromatic carbocycles. The summed E-state index contributed by atoms with van der Waals surface area (Å²) in [5.41, 5.74) is 2.40. The number of H-pyrrole nitrogens is 1. The van der Waals surface area contributed by atoms with Crippen LogP contribution >= 0.6 is 11.3 Å². The molecule has 2 N–H and O–H groups in total. The van der Waals surface area contributed by atoms with Gasteiger partial charge in [-0.1, -0.05) is 19.4 Å². The van der Waals surface area contributed by atoms with E-state index in [-0.39, 0.29) is 0 Å². The Bertz CT molecular complexity index is 433. The van der Waals surface area contributed by atoms with Gasteiger partial charge in [-0.2, -0.15) is 5.10 Å². The van der Waals surface area contributed by atoms with Gasteiger partial charge in [0.1, 0.15) is 0 Å². The summed E-state index contributed by atoms with van der Waals surface area (Å²) < 4.78 is 0. The Hall–Kier alpha value is -1.13. The predicted octanol–water partition coefficient (Wildman–Crippen LogP) is 3.42. The van der Waals surface area contributed by atoms with E-state index >= 15 is 0 Å². The van der Waals surface area contributed by atoms with Crippen LogP contribution in [0.4, 0.5) is 0 Å². The Morgan fingerprint density at radius 2 is 2.41 bits per heavy atom. The van der Waals surface area contributed by atoms with Crippen molar-refractivity contribution in [3.8, 4) is 10.6 Å². The zero-order chi connectivity index (χ0) is 12.1. The Labute approximate surface area is 106 Å². The quantitative estimate of drug-likeness (QED) is 0.823. The molecule has 2 rings (SSSR count). The van der Waals surface area contributed by atoms with Gasteiger partial charge < -0.3 is 5.32 Å². The standard InChI is InChI=1S/C13H19N3S/c1-3-5-10(2)14-8-11-9-15-16-13(11)12-6-4-7-17-12/h4,6-7,9-10,14H,3,5,8H2,1-2H3,(H,15,16). The van der Waals surface area contributed by atoms with E-state index in [9.17, 15) is 0 Å². The highest BCUT2D eigenvalue weighted by atomic mass is 32.1. The Balaban J connectivity index is 2.00. The third-order valence-corrected chi connectivity index (χ3v) is 3.74. The maximum atomic E-state index is 4.14. The highest BCUT2D eigenvalue weighted by Gasteiger charge is 2.09. The topological polar surface area (TPSA) is 40.7 Å². The van der Waals surface area contributed by atoms with Crippen molar-refractivity contribution in [2.75, 3.05) is 0 Å². The molecule has 17 heavy (non-hydrogen) atoms. The second kappa shape index (κ2) is 5.98. The number of nitrogens with one attached hydrogen (secondary N) is 2. The van der Waals surface area contributed by atoms with E-state index in [1.54, 1.807) is 11.3 Å². The van der Waals surface area contributed by atoms with Crippen LogP contribution in [0, 0.1) is 0 Å². The molecule has 0 bridgehead atoms. The second-order valence-corrected chi connectivity index (χ2v) is 5.27. The van der Waals surface area contributed by atoms with Crippen molar-refractivity contribution in [2.45, 2.75) is 39.3 Å². The van der Waals surface area contributed by atoms with E-state index in [0.717, 1.165) is 12.2 Å². The SMILES string of the molecule is CCCC(C)NCc1cn[nH]c1-c1cccs1. The summed E-state index contributed by atoms with van der Waals surface area (Å²) in [7, 11) is 0. The van der Waals surface area contributed by atoms with Crippen LogP contribution in [0.5, 0.6) is 0 Å². The summed E-state index contributed by atoms with van der Waals surface area (Å²) in [6.45, 7) is 5.33. The lowest BCUT2D eigenvalue weighted by molar-refractivity contribution is 0.509. The van der Waals surface area contributed by atoms with E-state index in [1.165, 1.54) is 23.3 Å². The molecule has 0 amide bonds. The molecule has 0 aliphatic heterocycles. The lowest BCUT2D eigenvalue weighted by Gasteiger charge is -2.12. The third-order valence-electron chi connectivity index (χ3n) is 2.85. The molecule has 0 saturated heterocycles. The maximum Gasteiger partial charge on any atom is 0.0794 e. The molecular weight excluding hydrogens is 230 g/mol. The zero-order valence-electron chi connectivity index (χ0n) is 10.4. The number of aromatic amines is 1. The van der Waals surface area contributed by atoms with Crippen molar-refractivity contribution in [1.29, 1.82) is 0 Å². The van der Waals surface area contributed by atoms with Crippen LogP contribution < -0.4 is 5.32 Å². The molecule has 1 atom stereocenters. The molecule has 0 fully saturated rings. The minimum Gasteiger partial charge on any atom is -0.310 e. The monoisotopic (exact) mass is 249 g/mol. The first-order valence-corrected chi connectivity index (χ1v) is 6.98. The van der Waals surface area contributed by atoms with Crippen molar-refractivity contribution < 1.29 is 0 Å². The summed E-state index contributed by atoms with van der Waals surface area (Å²) in [5.74, 6) is 0. The number of aromatic nitrogens is 2. The molecule has 3 nitrogen and oxygen atoms in total. The summed E-state index contributed by atoms with van der Waals surface area (Å²) >= 11 is 1.74. The Kier molecular flexibility index (Phi) is 4.34. The highest BCUT2D eigenvalue weighted by Crippen LogP contribution is 2.25. The molecule has 0 spiro atoms. The lowest BCUT2D eigenvalue weighted by Crippen LogP contribution is -2.25. The van der Waals surface area contributed by atoms with Crippen LogP contribution in [0.15, 0.2) is 23.7 Å². The summed E-state index contributed by atoms with van der Waals surface area (Å²) in [6.07, 6.45) is 4.35. The van der Waals surface area contributed by atoms with Crippen molar-refractivity contribution >= 4 is 11.3 Å². The minimum absolute atomic E-state index is 0.561. The molecule has 0 saturated carbocycles. The summed E-state index contributed by atoms with van der Waals surface area (Å²) in [6, 6.07) is 4.75. The average molecular weight is 249 g/mol. The molecule has 0 aliphatic rings. The van der Waals surface area contributed by atoms with E-state index in [2.05, 4.69) is 46.9 Å². The Morgan fingerprint density at radius 1 is 1.53 bits per heavy atom. The van der Waals surface area contributed by atoms with Crippen molar-refractivity contribution in [1.82, 2.24) is 15.5 Å². The van der Waals surface area contributed by atoms with Gasteiger partial charge in [0.25, 0.3) is 0 Å². The first-order chi connectivity index (χ1) is 8.31. The van der Waals surface area contributed by atoms with Crippen molar-refractivity contribution in [2.24, 2.45) is 0 Å². The number of nitrogens with zero attached hydrogens (tertiary/aromatic N) is 1. The minimum atomic E-state index is 0.561. The number of thiophene rings is 1. The van der Waals surface area contributed by atoms with Gasteiger partial charge in [0.15, 0.2) is 0 Å². The fourth-order valence-electron chi connectivity index (χ4n) is 1.90. The fourth-order valence-corrected chi connectivity index (χ4v) is 2.65. The largest absolute Gasteiger partial charge is 0.310 e. The molecule has 2 aromatic heterocycles. The first kappa shape index (κ1) is 12.3. The summed E-state index contributed by atoms with van der Waals surface area (Å²) in [5, 5.41) is 12.9. The van der Waals surface area contributed by atoms with Crippen LogP contribution in [-0.4, -0.2) is 16.2 Å². The summed E-state index contributed by atoms with van der Waals surface area (Å²) in [4.78, 5) is 1.25. The molecule has 92 valence electrons. The van der Waals surface area contributed by atoms with Gasteiger partial charge in [-0.15, -0.1) is 11.3 Å². The second-order valence-electron chi connectivity index (χ2n) is 4.32. The maximum absolute atomic E-state index is 4.14. The van der Waals surface area contributed by atoms with Crippen LogP contribution in [0.3, 0.4) is 0 Å². The molecule has 2 heterocycles. The molecule has 4 heteroatoms. The highest BCUT2D eigenvalue weighted by molar-refractivity contribution is 7.13. The lowest BCUT2D eigenvalue weighted by atomic mass is 10.1. The van der Waals surface area contributed by atoms with E-state index in [1.807, 2.05) is 6.20 Å². The van der Waals surface area contributed by atoms with Gasteiger partial charge in [-0.3, -0.25) is 5.10 Å². The number of hydrogen-bond donors (Lipinski definition) is 2. The van der Waals surface area contributed by atoms with Crippen LogP contribution in [-0.2, 0) is 6.54 Å². The van der Waals surface area contributed by atoms with Gasteiger partial charge in [0.2, 0.25) is 0 Å². The van der Waals surface area contributed by atoms with Gasteiger partial charge in [-0.05, 0) is 24.8 Å². The van der Waals surface area contributed by atoms with Gasteiger partial charge in [-0.25, -0.2) is 0 Å². The molecule has 1 unspecified atom stereocenters. The van der Waals surface area contributed by atoms with E-state index < -0.39 is 0 Å². The average Bonchev–Trinajstić information content (AvgIpc) is 2.97. The first-order valence-electron chi connectivity index (χ1n) is 6.10. The number of rotatable bonds is 6. The van der Waals surface area contributed by atoms with Gasteiger partial charge in [0, 0.05) is 18.2 Å². The van der Waals surface area contributed by atoms with Crippen molar-refractivity contribution in [3.63, 3.8) is 0 Å². The fraction of sp³-hybridized carbons (Fsp3) is 0.462. The molecule has 2 aromatic rings. The van der Waals surface area contributed by atoms with Crippen LogP contribution in [0.1, 0.15) is 32.3 Å². The Morgan fingerprint density at radius 3 is 3.12 bits per heavy atom. The van der Waals surface area contributed by atoms with Crippen LogP contribution in [0.25, 0.3) is 10.6 Å².